The number of benzene rings is 2. The number of aliphatic hydroxyl groups excluding tert-OH is 1. The van der Waals surface area contributed by atoms with E-state index in [2.05, 4.69) is 17.2 Å². The second kappa shape index (κ2) is 6.74. The van der Waals surface area contributed by atoms with Gasteiger partial charge in [0.15, 0.2) is 0 Å². The van der Waals surface area contributed by atoms with Crippen LogP contribution in [0, 0.1) is 25.7 Å². The smallest absolute Gasteiger partial charge is 0.255 e. The monoisotopic (exact) mass is 279 g/mol. The molecule has 106 valence electrons. The fourth-order valence-electron chi connectivity index (χ4n) is 1.99. The van der Waals surface area contributed by atoms with Crippen molar-refractivity contribution in [3.8, 4) is 11.8 Å². The van der Waals surface area contributed by atoms with E-state index in [-0.39, 0.29) is 12.5 Å². The van der Waals surface area contributed by atoms with E-state index in [1.54, 1.807) is 6.07 Å². The lowest BCUT2D eigenvalue weighted by molar-refractivity contribution is 0.102. The minimum atomic E-state index is -0.196. The minimum absolute atomic E-state index is 0.158. The summed E-state index contributed by atoms with van der Waals surface area (Å²) in [4.78, 5) is 12.4. The third kappa shape index (κ3) is 3.71. The van der Waals surface area contributed by atoms with E-state index >= 15 is 0 Å². The molecule has 3 heteroatoms. The Labute approximate surface area is 124 Å². The molecule has 2 rings (SSSR count). The molecule has 0 spiro atoms. The summed E-state index contributed by atoms with van der Waals surface area (Å²) < 4.78 is 0. The predicted molar refractivity (Wildman–Crippen MR) is 84.3 cm³/mol. The van der Waals surface area contributed by atoms with Gasteiger partial charge in [0.1, 0.15) is 6.61 Å². The standard InChI is InChI=1S/C18H17NO2/c1-13-9-10-15(7-5-11-20)12-16(13)18(21)19-17-8-4-3-6-14(17)2/h3-4,6,8-10,12,20H,11H2,1-2H3,(H,19,21). The van der Waals surface area contributed by atoms with Crippen molar-refractivity contribution in [2.24, 2.45) is 0 Å². The molecule has 0 saturated heterocycles. The van der Waals surface area contributed by atoms with Gasteiger partial charge in [0, 0.05) is 16.8 Å². The van der Waals surface area contributed by atoms with Gasteiger partial charge in [-0.2, -0.15) is 0 Å². The van der Waals surface area contributed by atoms with Crippen LogP contribution >= 0.6 is 0 Å². The summed E-state index contributed by atoms with van der Waals surface area (Å²) >= 11 is 0. The lowest BCUT2D eigenvalue weighted by Gasteiger charge is -2.10. The van der Waals surface area contributed by atoms with Gasteiger partial charge in [0.05, 0.1) is 0 Å². The first-order valence-corrected chi connectivity index (χ1v) is 6.69. The Morgan fingerprint density at radius 2 is 1.90 bits per heavy atom. The maximum atomic E-state index is 12.4. The Morgan fingerprint density at radius 1 is 1.14 bits per heavy atom. The lowest BCUT2D eigenvalue weighted by Crippen LogP contribution is -2.14. The maximum absolute atomic E-state index is 12.4. The number of carbonyl (C=O) groups excluding carboxylic acids is 1. The molecule has 0 atom stereocenters. The normalized spacial score (nSPS) is 9.67. The van der Waals surface area contributed by atoms with Crippen LogP contribution in [-0.4, -0.2) is 17.6 Å². The SMILES string of the molecule is Cc1ccccc1NC(=O)c1cc(C#CCO)ccc1C. The van der Waals surface area contributed by atoms with E-state index in [1.165, 1.54) is 0 Å². The number of hydrogen-bond donors (Lipinski definition) is 2. The van der Waals surface area contributed by atoms with Gasteiger partial charge in [-0.1, -0.05) is 36.1 Å². The quantitative estimate of drug-likeness (QED) is 0.830. The highest BCUT2D eigenvalue weighted by Gasteiger charge is 2.10. The van der Waals surface area contributed by atoms with Crippen LogP contribution in [0.1, 0.15) is 27.0 Å². The molecule has 0 saturated carbocycles. The Bertz CT molecular complexity index is 723. The van der Waals surface area contributed by atoms with Gasteiger partial charge in [0.25, 0.3) is 5.91 Å². The number of anilines is 1. The highest BCUT2D eigenvalue weighted by atomic mass is 16.2. The number of carbonyl (C=O) groups is 1. The zero-order chi connectivity index (χ0) is 15.2. The summed E-state index contributed by atoms with van der Waals surface area (Å²) in [5.74, 6) is 5.24. The summed E-state index contributed by atoms with van der Waals surface area (Å²) in [6.45, 7) is 3.64. The molecule has 0 fully saturated rings. The van der Waals surface area contributed by atoms with Crippen molar-refractivity contribution in [3.63, 3.8) is 0 Å². The summed E-state index contributed by atoms with van der Waals surface area (Å²) in [5, 5.41) is 11.6. The highest BCUT2D eigenvalue weighted by Crippen LogP contribution is 2.17. The average molecular weight is 279 g/mol. The third-order valence-electron chi connectivity index (χ3n) is 3.19. The van der Waals surface area contributed by atoms with Crippen LogP contribution in [-0.2, 0) is 0 Å². The van der Waals surface area contributed by atoms with E-state index in [4.69, 9.17) is 5.11 Å². The van der Waals surface area contributed by atoms with Crippen molar-refractivity contribution in [3.05, 3.63) is 64.7 Å². The van der Waals surface area contributed by atoms with E-state index in [9.17, 15) is 4.79 Å². The molecule has 3 nitrogen and oxygen atoms in total. The largest absolute Gasteiger partial charge is 0.384 e. The van der Waals surface area contributed by atoms with Crippen molar-refractivity contribution >= 4 is 11.6 Å². The number of hydrogen-bond acceptors (Lipinski definition) is 2. The molecule has 0 aromatic heterocycles. The number of aryl methyl sites for hydroxylation is 2. The van der Waals surface area contributed by atoms with Crippen molar-refractivity contribution in [1.29, 1.82) is 0 Å². The number of nitrogens with one attached hydrogen (secondary N) is 1. The summed E-state index contributed by atoms with van der Waals surface area (Å²) in [5.41, 5.74) is 4.00. The first-order valence-electron chi connectivity index (χ1n) is 6.69. The van der Waals surface area contributed by atoms with Crippen LogP contribution < -0.4 is 5.32 Å². The molecule has 0 aliphatic rings. The van der Waals surface area contributed by atoms with Gasteiger partial charge >= 0.3 is 0 Å². The molecule has 2 N–H and O–H groups in total. The molecule has 21 heavy (non-hydrogen) atoms. The fraction of sp³-hybridized carbons (Fsp3) is 0.167. The first kappa shape index (κ1) is 14.8. The highest BCUT2D eigenvalue weighted by molar-refractivity contribution is 6.05. The van der Waals surface area contributed by atoms with Crippen molar-refractivity contribution < 1.29 is 9.90 Å². The van der Waals surface area contributed by atoms with E-state index in [0.29, 0.717) is 11.1 Å². The number of amides is 1. The van der Waals surface area contributed by atoms with Crippen LogP contribution in [0.4, 0.5) is 5.69 Å². The maximum Gasteiger partial charge on any atom is 0.255 e. The molecule has 2 aromatic carbocycles. The van der Waals surface area contributed by atoms with Crippen molar-refractivity contribution in [2.45, 2.75) is 13.8 Å². The van der Waals surface area contributed by atoms with Crippen molar-refractivity contribution in [2.75, 3.05) is 11.9 Å². The van der Waals surface area contributed by atoms with E-state index in [1.807, 2.05) is 50.2 Å². The molecular formula is C18H17NO2. The Hall–Kier alpha value is -2.57. The molecule has 0 aliphatic carbocycles. The molecule has 0 aliphatic heterocycles. The van der Waals surface area contributed by atoms with Gasteiger partial charge < -0.3 is 10.4 Å². The lowest BCUT2D eigenvalue weighted by atomic mass is 10.0. The molecule has 0 unspecified atom stereocenters. The zero-order valence-electron chi connectivity index (χ0n) is 12.1. The molecule has 1 amide bonds. The first-order chi connectivity index (χ1) is 10.1. The second-order valence-corrected chi connectivity index (χ2v) is 4.76. The molecule has 2 aromatic rings. The summed E-state index contributed by atoms with van der Waals surface area (Å²) in [7, 11) is 0. The number of rotatable bonds is 2. The van der Waals surface area contributed by atoms with Crippen molar-refractivity contribution in [1.82, 2.24) is 0 Å². The van der Waals surface area contributed by atoms with E-state index < -0.39 is 0 Å². The van der Waals surface area contributed by atoms with Crippen LogP contribution in [0.5, 0.6) is 0 Å². The Morgan fingerprint density at radius 3 is 2.62 bits per heavy atom. The van der Waals surface area contributed by atoms with Gasteiger partial charge in [-0.3, -0.25) is 4.79 Å². The molecule has 0 heterocycles. The fourth-order valence-corrected chi connectivity index (χ4v) is 1.99. The average Bonchev–Trinajstić information content (AvgIpc) is 2.48. The molecule has 0 bridgehead atoms. The van der Waals surface area contributed by atoms with Gasteiger partial charge in [-0.05, 0) is 43.2 Å². The van der Waals surface area contributed by atoms with E-state index in [0.717, 1.165) is 16.8 Å². The molecule has 0 radical (unpaired) electrons. The Kier molecular flexibility index (Phi) is 4.76. The second-order valence-electron chi connectivity index (χ2n) is 4.76. The topological polar surface area (TPSA) is 49.3 Å². The summed E-state index contributed by atoms with van der Waals surface area (Å²) in [6.07, 6.45) is 0. The third-order valence-corrected chi connectivity index (χ3v) is 3.19. The van der Waals surface area contributed by atoms with Gasteiger partial charge in [-0.15, -0.1) is 0 Å². The predicted octanol–water partition coefficient (Wildman–Crippen LogP) is 2.90. The number of para-hydroxylation sites is 1. The van der Waals surface area contributed by atoms with Crippen LogP contribution in [0.15, 0.2) is 42.5 Å². The van der Waals surface area contributed by atoms with Crippen LogP contribution in [0.25, 0.3) is 0 Å². The van der Waals surface area contributed by atoms with Crippen LogP contribution in [0.3, 0.4) is 0 Å². The molecular weight excluding hydrogens is 262 g/mol. The Balaban J connectivity index is 2.28. The zero-order valence-corrected chi connectivity index (χ0v) is 12.1. The van der Waals surface area contributed by atoms with Gasteiger partial charge in [0.2, 0.25) is 0 Å². The summed E-state index contributed by atoms with van der Waals surface area (Å²) in [6, 6.07) is 13.1. The number of aliphatic hydroxyl groups is 1. The van der Waals surface area contributed by atoms with Crippen LogP contribution in [0.2, 0.25) is 0 Å². The minimum Gasteiger partial charge on any atom is -0.384 e. The van der Waals surface area contributed by atoms with Gasteiger partial charge in [-0.25, -0.2) is 0 Å².